The second kappa shape index (κ2) is 0.911. The smallest absolute Gasteiger partial charge is 0.426 e. The highest BCUT2D eigenvalue weighted by Gasteiger charge is 1.90. The molecule has 0 radical (unpaired) electrons. The minimum atomic E-state index is 0.653. The van der Waals surface area contributed by atoms with Gasteiger partial charge in [-0.3, -0.25) is 0 Å². The second-order valence-electron chi connectivity index (χ2n) is 0.770. The molecular weight excluding hydrogens is 66.0 g/mol. The van der Waals surface area contributed by atoms with Gasteiger partial charge in [-0.25, -0.2) is 0 Å². The van der Waals surface area contributed by atoms with Crippen LogP contribution in [0.1, 0.15) is 0 Å². The van der Waals surface area contributed by atoms with Crippen LogP contribution in [0.5, 0.6) is 0 Å². The third-order valence-electron chi connectivity index (χ3n) is 0.412. The largest absolute Gasteiger partial charge is 0.450 e. The van der Waals surface area contributed by atoms with Crippen LogP contribution in [0.3, 0.4) is 0 Å². The van der Waals surface area contributed by atoms with Crippen molar-refractivity contribution in [2.75, 3.05) is 6.61 Å². The Morgan fingerprint density at radius 2 is 2.80 bits per heavy atom. The molecule has 0 aromatic carbocycles. The Balaban J connectivity index is 2.64. The summed E-state index contributed by atoms with van der Waals surface area (Å²) in [5.41, 5.74) is 0. The van der Waals surface area contributed by atoms with E-state index in [0.29, 0.717) is 6.61 Å². The van der Waals surface area contributed by atoms with Gasteiger partial charge in [0.05, 0.1) is 0 Å². The molecular formula is C3H4NO+. The van der Waals surface area contributed by atoms with Crippen molar-refractivity contribution in [2.24, 2.45) is 0 Å². The summed E-state index contributed by atoms with van der Waals surface area (Å²) in [7, 11) is 0. The summed E-state index contributed by atoms with van der Waals surface area (Å²) in [6.45, 7) is 0.653. The van der Waals surface area contributed by atoms with E-state index < -0.39 is 0 Å². The van der Waals surface area contributed by atoms with Crippen molar-refractivity contribution in [1.82, 2.24) is 4.67 Å². The number of nitrogens with zero attached hydrogens (tertiary/aromatic N) is 1. The highest BCUT2D eigenvalue weighted by Crippen LogP contribution is 1.59. The highest BCUT2D eigenvalue weighted by atomic mass is 16.5. The maximum Gasteiger partial charge on any atom is 0.450 e. The molecule has 0 saturated carbocycles. The number of hydrogen-bond donors (Lipinski definition) is 0. The Morgan fingerprint density at radius 1 is 1.80 bits per heavy atom. The lowest BCUT2D eigenvalue weighted by Gasteiger charge is -1.65. The average molecular weight is 70.1 g/mol. The summed E-state index contributed by atoms with van der Waals surface area (Å²) >= 11 is 0. The summed E-state index contributed by atoms with van der Waals surface area (Å²) in [5, 5.41) is 0. The monoisotopic (exact) mass is 70.0 g/mol. The first kappa shape index (κ1) is 2.49. The van der Waals surface area contributed by atoms with Gasteiger partial charge < -0.3 is 4.74 Å². The van der Waals surface area contributed by atoms with Crippen molar-refractivity contribution in [3.63, 3.8) is 0 Å². The summed E-state index contributed by atoms with van der Waals surface area (Å²) in [6.07, 6.45) is 3.14. The molecule has 2 nitrogen and oxygen atoms in total. The van der Waals surface area contributed by atoms with E-state index >= 15 is 0 Å². The zero-order valence-corrected chi connectivity index (χ0v) is 2.72. The Hall–Kier alpha value is -0.750. The van der Waals surface area contributed by atoms with E-state index in [2.05, 4.69) is 9.40 Å². The van der Waals surface area contributed by atoms with Crippen LogP contribution in [0.2, 0.25) is 0 Å². The standard InChI is InChI=1S/C3H4NO/c1-2-5-3-4-1/h1,3H,2H2/q+1. The van der Waals surface area contributed by atoms with Crippen molar-refractivity contribution in [3.8, 4) is 0 Å². The first-order chi connectivity index (χ1) is 2.50. The van der Waals surface area contributed by atoms with E-state index in [0.717, 1.165) is 0 Å². The molecule has 1 aliphatic heterocycles. The van der Waals surface area contributed by atoms with Gasteiger partial charge in [0.2, 0.25) is 0 Å². The second-order valence-corrected chi connectivity index (χ2v) is 0.770. The molecule has 0 bridgehead atoms. The molecule has 0 aromatic heterocycles. The van der Waals surface area contributed by atoms with Crippen molar-refractivity contribution < 1.29 is 4.74 Å². The SMILES string of the molecule is C1=[N+]=COC1. The van der Waals surface area contributed by atoms with E-state index in [1.165, 1.54) is 6.40 Å². The van der Waals surface area contributed by atoms with E-state index in [4.69, 9.17) is 0 Å². The van der Waals surface area contributed by atoms with Crippen LogP contribution in [-0.4, -0.2) is 19.2 Å². The van der Waals surface area contributed by atoms with Crippen LogP contribution in [0.15, 0.2) is 0 Å². The van der Waals surface area contributed by atoms with Gasteiger partial charge in [-0.2, -0.15) is 0 Å². The number of hydrogen-bond acceptors (Lipinski definition) is 1. The Labute approximate surface area is 29.8 Å². The molecule has 0 N–H and O–H groups in total. The summed E-state index contributed by atoms with van der Waals surface area (Å²) < 4.78 is 8.21. The number of ether oxygens (including phenoxy) is 1. The van der Waals surface area contributed by atoms with Crippen molar-refractivity contribution >= 4 is 12.6 Å². The van der Waals surface area contributed by atoms with Gasteiger partial charge in [-0.1, -0.05) is 4.67 Å². The topological polar surface area (TPSA) is 23.3 Å². The average Bonchev–Trinajstić information content (AvgIpc) is 1.76. The molecule has 0 amide bonds. The van der Waals surface area contributed by atoms with Crippen molar-refractivity contribution in [1.29, 1.82) is 0 Å². The molecule has 0 unspecified atom stereocenters. The minimum absolute atomic E-state index is 0.653. The van der Waals surface area contributed by atoms with Gasteiger partial charge in [-0.15, -0.1) is 0 Å². The fourth-order valence-corrected chi connectivity index (χ4v) is 0.215. The zero-order valence-electron chi connectivity index (χ0n) is 2.72. The van der Waals surface area contributed by atoms with E-state index in [-0.39, 0.29) is 0 Å². The maximum atomic E-state index is 4.60. The first-order valence-electron chi connectivity index (χ1n) is 1.45. The predicted octanol–water partition coefficient (Wildman–Crippen LogP) is -0.817. The number of rotatable bonds is 0. The van der Waals surface area contributed by atoms with Gasteiger partial charge in [-0.05, 0) is 0 Å². The van der Waals surface area contributed by atoms with Crippen LogP contribution < -0.4 is 4.67 Å². The Kier molecular flexibility index (Phi) is 0.453. The summed E-state index contributed by atoms with van der Waals surface area (Å²) in [6, 6.07) is 0. The van der Waals surface area contributed by atoms with Crippen LogP contribution in [-0.2, 0) is 4.74 Å². The Bertz CT molecular complexity index is 72.9. The molecule has 26 valence electrons. The van der Waals surface area contributed by atoms with Gasteiger partial charge in [0.25, 0.3) is 0 Å². The van der Waals surface area contributed by atoms with E-state index in [1.54, 1.807) is 6.21 Å². The van der Waals surface area contributed by atoms with Crippen LogP contribution >= 0.6 is 0 Å². The van der Waals surface area contributed by atoms with E-state index in [1.807, 2.05) is 0 Å². The molecule has 0 aliphatic carbocycles. The predicted molar refractivity (Wildman–Crippen MR) is 20.2 cm³/mol. The third kappa shape index (κ3) is 0.281. The highest BCUT2D eigenvalue weighted by molar-refractivity contribution is 5.68. The lowest BCUT2D eigenvalue weighted by molar-refractivity contribution is 0.397. The Morgan fingerprint density at radius 3 is 3.00 bits per heavy atom. The minimum Gasteiger partial charge on any atom is -0.426 e. The summed E-state index contributed by atoms with van der Waals surface area (Å²) in [4.78, 5) is 0. The molecule has 2 heteroatoms. The maximum absolute atomic E-state index is 4.60. The van der Waals surface area contributed by atoms with Crippen LogP contribution in [0.4, 0.5) is 0 Å². The zero-order chi connectivity index (χ0) is 3.54. The first-order valence-corrected chi connectivity index (χ1v) is 1.45. The van der Waals surface area contributed by atoms with Crippen molar-refractivity contribution in [3.05, 3.63) is 0 Å². The molecule has 0 atom stereocenters. The van der Waals surface area contributed by atoms with Crippen LogP contribution in [0.25, 0.3) is 0 Å². The fraction of sp³-hybridized carbons (Fsp3) is 0.333. The van der Waals surface area contributed by atoms with Gasteiger partial charge in [0, 0.05) is 0 Å². The molecule has 0 fully saturated rings. The van der Waals surface area contributed by atoms with Gasteiger partial charge in [0.1, 0.15) is 0 Å². The molecule has 0 saturated heterocycles. The molecule has 5 heavy (non-hydrogen) atoms. The van der Waals surface area contributed by atoms with Crippen LogP contribution in [0, 0.1) is 0 Å². The van der Waals surface area contributed by atoms with E-state index in [9.17, 15) is 0 Å². The lowest BCUT2D eigenvalue weighted by Crippen LogP contribution is -1.80. The van der Waals surface area contributed by atoms with Gasteiger partial charge in [0.15, 0.2) is 6.61 Å². The van der Waals surface area contributed by atoms with Gasteiger partial charge >= 0.3 is 12.6 Å². The fourth-order valence-electron chi connectivity index (χ4n) is 0.215. The van der Waals surface area contributed by atoms with Crippen molar-refractivity contribution in [2.45, 2.75) is 0 Å². The molecule has 0 spiro atoms. The third-order valence-corrected chi connectivity index (χ3v) is 0.412. The normalized spacial score (nSPS) is 16.0. The quantitative estimate of drug-likeness (QED) is 0.342. The molecule has 1 aliphatic rings. The summed E-state index contributed by atoms with van der Waals surface area (Å²) in [5.74, 6) is 0. The molecule has 0 aromatic rings. The lowest BCUT2D eigenvalue weighted by atomic mass is 10.8. The molecule has 1 rings (SSSR count). The molecule has 1 heterocycles.